The van der Waals surface area contributed by atoms with Crippen molar-refractivity contribution in [3.05, 3.63) is 80.9 Å². The number of likely N-dealkylation sites (tertiary alicyclic amines) is 1. The number of aromatic nitrogens is 4. The summed E-state index contributed by atoms with van der Waals surface area (Å²) < 4.78 is 23.4. The minimum atomic E-state index is -1.07. The number of anilines is 1. The van der Waals surface area contributed by atoms with Crippen LogP contribution in [0.4, 0.5) is 14.9 Å². The van der Waals surface area contributed by atoms with E-state index in [1.165, 1.54) is 12.0 Å². The Labute approximate surface area is 222 Å². The Hall–Kier alpha value is -4.61. The van der Waals surface area contributed by atoms with Gasteiger partial charge in [0.2, 0.25) is 5.82 Å². The van der Waals surface area contributed by atoms with Crippen LogP contribution in [0.25, 0.3) is 16.7 Å². The van der Waals surface area contributed by atoms with Gasteiger partial charge in [-0.15, -0.1) is 0 Å². The Bertz CT molecular complexity index is 1660. The molecular weight excluding hydrogens is 507 g/mol. The van der Waals surface area contributed by atoms with Gasteiger partial charge in [0, 0.05) is 37.3 Å². The van der Waals surface area contributed by atoms with Gasteiger partial charge in [0.25, 0.3) is 5.56 Å². The highest BCUT2D eigenvalue weighted by atomic mass is 19.1. The predicted octanol–water partition coefficient (Wildman–Crippen LogP) is 2.88. The Morgan fingerprint density at radius 1 is 1.21 bits per heavy atom. The molecule has 0 spiro atoms. The monoisotopic (exact) mass is 536 g/mol. The number of amides is 1. The van der Waals surface area contributed by atoms with Gasteiger partial charge in [-0.05, 0) is 48.2 Å². The van der Waals surface area contributed by atoms with Crippen molar-refractivity contribution in [2.24, 2.45) is 13.0 Å². The van der Waals surface area contributed by atoms with Gasteiger partial charge >= 0.3 is 11.8 Å². The number of ether oxygens (including phenoxy) is 1. The number of methoxy groups -OCH3 is 1. The van der Waals surface area contributed by atoms with E-state index >= 15 is 0 Å². The molecule has 204 valence electrons. The maximum absolute atomic E-state index is 14.8. The van der Waals surface area contributed by atoms with Crippen LogP contribution in [-0.2, 0) is 13.6 Å². The molecule has 4 aromatic rings. The summed E-state index contributed by atoms with van der Waals surface area (Å²) in [5.74, 6) is -0.130. The number of nitrogens with zero attached hydrogens (tertiary/aromatic N) is 5. The highest BCUT2D eigenvalue weighted by Crippen LogP contribution is 2.27. The van der Waals surface area contributed by atoms with E-state index in [0.717, 1.165) is 21.0 Å². The maximum atomic E-state index is 14.8. The average Bonchev–Trinajstić information content (AvgIpc) is 3.25. The van der Waals surface area contributed by atoms with Gasteiger partial charge < -0.3 is 20.1 Å². The van der Waals surface area contributed by atoms with E-state index in [0.29, 0.717) is 41.7 Å². The van der Waals surface area contributed by atoms with Crippen LogP contribution >= 0.6 is 0 Å². The van der Waals surface area contributed by atoms with Crippen LogP contribution in [-0.4, -0.2) is 61.3 Å². The normalized spacial score (nSPS) is 17.4. The minimum absolute atomic E-state index is 0.0870. The molecule has 3 heterocycles. The first-order valence-electron chi connectivity index (χ1n) is 12.5. The Kier molecular flexibility index (Phi) is 6.85. The molecule has 1 amide bonds. The van der Waals surface area contributed by atoms with Crippen molar-refractivity contribution in [2.45, 2.75) is 25.9 Å². The van der Waals surface area contributed by atoms with E-state index in [9.17, 15) is 23.9 Å². The van der Waals surface area contributed by atoms with Gasteiger partial charge in [0.05, 0.1) is 25.4 Å². The number of fused-ring (bicyclic) bond motifs is 1. The van der Waals surface area contributed by atoms with Crippen molar-refractivity contribution < 1.29 is 19.0 Å². The lowest BCUT2D eigenvalue weighted by molar-refractivity contribution is 0.119. The number of piperidine rings is 1. The number of halogens is 1. The maximum Gasteiger partial charge on any atom is 0.407 e. The number of hydrogen-bond acceptors (Lipinski definition) is 6. The van der Waals surface area contributed by atoms with Crippen molar-refractivity contribution in [1.82, 2.24) is 23.8 Å². The van der Waals surface area contributed by atoms with Gasteiger partial charge in [0.15, 0.2) is 5.82 Å². The molecule has 2 atom stereocenters. The van der Waals surface area contributed by atoms with E-state index in [1.54, 1.807) is 42.1 Å². The van der Waals surface area contributed by atoms with Crippen molar-refractivity contribution in [1.29, 1.82) is 0 Å². The fourth-order valence-electron chi connectivity index (χ4n) is 5.03. The second kappa shape index (κ2) is 10.3. The van der Waals surface area contributed by atoms with Gasteiger partial charge in [-0.3, -0.25) is 14.0 Å². The second-order valence-electron chi connectivity index (χ2n) is 9.79. The lowest BCUT2D eigenvalue weighted by atomic mass is 9.94. The Balaban J connectivity index is 1.47. The number of carbonyl (C=O) groups is 1. The molecule has 1 aliphatic rings. The standard InChI is InChI=1S/C27H29FN6O5/c1-16-13-32(27(37)38)11-10-22(16)29-18-6-9-20-23(12-18)31(2)30-24(20)33-15-21(28)25(35)34(26(33)36)14-17-4-7-19(39-3)8-5-17/h4-9,12,15-16,22,29H,10-11,13-14H2,1-3H3,(H,37,38)/t16-,22-/m1/s1. The first-order chi connectivity index (χ1) is 18.7. The fourth-order valence-corrected chi connectivity index (χ4v) is 5.03. The van der Waals surface area contributed by atoms with Gasteiger partial charge in [-0.25, -0.2) is 14.2 Å². The topological polar surface area (TPSA) is 124 Å². The molecular formula is C27H29FN6O5. The van der Waals surface area contributed by atoms with Crippen molar-refractivity contribution in [3.8, 4) is 11.6 Å². The number of benzene rings is 2. The lowest BCUT2D eigenvalue weighted by Crippen LogP contribution is -2.47. The molecule has 2 aromatic carbocycles. The number of hydrogen-bond donors (Lipinski definition) is 2. The number of nitrogens with one attached hydrogen (secondary N) is 1. The van der Waals surface area contributed by atoms with E-state index in [-0.39, 0.29) is 24.3 Å². The summed E-state index contributed by atoms with van der Waals surface area (Å²) in [5, 5.41) is 17.8. The molecule has 11 nitrogen and oxygen atoms in total. The third kappa shape index (κ3) is 4.97. The van der Waals surface area contributed by atoms with Crippen LogP contribution in [0.15, 0.2) is 58.3 Å². The summed E-state index contributed by atoms with van der Waals surface area (Å²) in [6.45, 7) is 2.80. The van der Waals surface area contributed by atoms with E-state index < -0.39 is 23.2 Å². The Morgan fingerprint density at radius 3 is 2.62 bits per heavy atom. The second-order valence-corrected chi connectivity index (χ2v) is 9.79. The number of carboxylic acid groups (broad SMARTS) is 1. The summed E-state index contributed by atoms with van der Waals surface area (Å²) >= 11 is 0. The molecule has 39 heavy (non-hydrogen) atoms. The molecule has 5 rings (SSSR count). The quantitative estimate of drug-likeness (QED) is 0.388. The molecule has 0 bridgehead atoms. The summed E-state index contributed by atoms with van der Waals surface area (Å²) in [4.78, 5) is 38.7. The van der Waals surface area contributed by atoms with Crippen molar-refractivity contribution in [3.63, 3.8) is 0 Å². The SMILES string of the molecule is COc1ccc(Cn2c(=O)c(F)cn(-c3nn(C)c4cc(N[C@@H]5CCN(C(=O)O)C[C@H]5C)ccc34)c2=O)cc1. The van der Waals surface area contributed by atoms with Crippen LogP contribution in [0.2, 0.25) is 0 Å². The summed E-state index contributed by atoms with van der Waals surface area (Å²) in [5.41, 5.74) is 0.434. The van der Waals surface area contributed by atoms with Crippen LogP contribution in [0, 0.1) is 11.7 Å². The zero-order valence-corrected chi connectivity index (χ0v) is 21.8. The number of aryl methyl sites for hydroxylation is 1. The minimum Gasteiger partial charge on any atom is -0.497 e. The molecule has 0 saturated carbocycles. The molecule has 1 saturated heterocycles. The molecule has 12 heteroatoms. The van der Waals surface area contributed by atoms with Crippen LogP contribution in [0.5, 0.6) is 5.75 Å². The third-order valence-corrected chi connectivity index (χ3v) is 7.22. The fraction of sp³-hybridized carbons (Fsp3) is 0.333. The van der Waals surface area contributed by atoms with E-state index in [2.05, 4.69) is 10.4 Å². The molecule has 2 N–H and O–H groups in total. The molecule has 0 aliphatic carbocycles. The first-order valence-corrected chi connectivity index (χ1v) is 12.5. The number of rotatable bonds is 6. The lowest BCUT2D eigenvalue weighted by Gasteiger charge is -2.36. The molecule has 1 aliphatic heterocycles. The van der Waals surface area contributed by atoms with Crippen LogP contribution in [0.3, 0.4) is 0 Å². The molecule has 0 unspecified atom stereocenters. The zero-order valence-electron chi connectivity index (χ0n) is 21.8. The van der Waals surface area contributed by atoms with Gasteiger partial charge in [-0.1, -0.05) is 19.1 Å². The Morgan fingerprint density at radius 2 is 1.95 bits per heavy atom. The van der Waals surface area contributed by atoms with Crippen molar-refractivity contribution in [2.75, 3.05) is 25.5 Å². The third-order valence-electron chi connectivity index (χ3n) is 7.22. The summed E-state index contributed by atoms with van der Waals surface area (Å²) in [6.07, 6.45) is 0.638. The predicted molar refractivity (Wildman–Crippen MR) is 143 cm³/mol. The zero-order chi connectivity index (χ0) is 27.8. The summed E-state index contributed by atoms with van der Waals surface area (Å²) in [6, 6.07) is 12.4. The summed E-state index contributed by atoms with van der Waals surface area (Å²) in [7, 11) is 3.25. The van der Waals surface area contributed by atoms with E-state index in [1.807, 2.05) is 19.1 Å². The highest BCUT2D eigenvalue weighted by molar-refractivity contribution is 5.89. The van der Waals surface area contributed by atoms with Crippen molar-refractivity contribution >= 4 is 22.7 Å². The molecule has 0 radical (unpaired) electrons. The highest BCUT2D eigenvalue weighted by Gasteiger charge is 2.28. The van der Waals surface area contributed by atoms with Gasteiger partial charge in [0.1, 0.15) is 5.75 Å². The first kappa shape index (κ1) is 26.0. The largest absolute Gasteiger partial charge is 0.497 e. The van der Waals surface area contributed by atoms with Gasteiger partial charge in [-0.2, -0.15) is 9.49 Å². The van der Waals surface area contributed by atoms with E-state index in [4.69, 9.17) is 4.74 Å². The van der Waals surface area contributed by atoms with Crippen LogP contribution < -0.4 is 21.3 Å². The smallest absolute Gasteiger partial charge is 0.407 e. The molecule has 2 aromatic heterocycles. The average molecular weight is 537 g/mol. The van der Waals surface area contributed by atoms with Crippen LogP contribution in [0.1, 0.15) is 18.9 Å². The molecule has 1 fully saturated rings.